The monoisotopic (exact) mass is 224 g/mol. The Balaban J connectivity index is 2.38. The van der Waals surface area contributed by atoms with Crippen LogP contribution in [0, 0.1) is 0 Å². The maximum atomic E-state index is 11.5. The second-order valence-corrected chi connectivity index (χ2v) is 2.89. The van der Waals surface area contributed by atoms with Crippen LogP contribution in [0.25, 0.3) is 0 Å². The van der Waals surface area contributed by atoms with Crippen LogP contribution in [-0.2, 0) is 4.74 Å². The molecule has 5 N–H and O–H groups in total. The van der Waals surface area contributed by atoms with Crippen LogP contribution in [0.15, 0.2) is 18.3 Å². The number of primary amides is 1. The van der Waals surface area contributed by atoms with Crippen molar-refractivity contribution in [1.82, 2.24) is 10.3 Å². The molecule has 7 nitrogen and oxygen atoms in total. The van der Waals surface area contributed by atoms with Crippen molar-refractivity contribution in [1.29, 1.82) is 0 Å². The van der Waals surface area contributed by atoms with Gasteiger partial charge in [-0.25, -0.2) is 9.78 Å². The zero-order valence-electron chi connectivity index (χ0n) is 8.47. The normalized spacial score (nSPS) is 9.50. The van der Waals surface area contributed by atoms with Gasteiger partial charge in [0.25, 0.3) is 5.91 Å². The number of anilines is 1. The molecule has 0 aliphatic rings. The van der Waals surface area contributed by atoms with Gasteiger partial charge in [-0.1, -0.05) is 0 Å². The molecule has 0 radical (unpaired) electrons. The first-order valence-corrected chi connectivity index (χ1v) is 4.51. The van der Waals surface area contributed by atoms with Gasteiger partial charge in [-0.15, -0.1) is 0 Å². The Labute approximate surface area is 91.8 Å². The second-order valence-electron chi connectivity index (χ2n) is 2.89. The van der Waals surface area contributed by atoms with Crippen LogP contribution >= 0.6 is 0 Å². The van der Waals surface area contributed by atoms with Crippen LogP contribution in [0.1, 0.15) is 10.4 Å². The van der Waals surface area contributed by atoms with Crippen LogP contribution in [0.3, 0.4) is 0 Å². The number of nitrogen functional groups attached to an aromatic ring is 1. The number of nitrogens with zero attached hydrogens (tertiary/aromatic N) is 1. The Hall–Kier alpha value is -2.31. The minimum absolute atomic E-state index is 0.0294. The molecule has 0 fully saturated rings. The van der Waals surface area contributed by atoms with Gasteiger partial charge in [0.15, 0.2) is 0 Å². The lowest BCUT2D eigenvalue weighted by Crippen LogP contribution is -2.29. The summed E-state index contributed by atoms with van der Waals surface area (Å²) in [7, 11) is 0. The van der Waals surface area contributed by atoms with Crippen LogP contribution in [0.4, 0.5) is 10.6 Å². The lowest BCUT2D eigenvalue weighted by molar-refractivity contribution is 0.0937. The molecule has 16 heavy (non-hydrogen) atoms. The first kappa shape index (κ1) is 11.8. The molecule has 0 saturated heterocycles. The molecule has 1 rings (SSSR count). The number of nitrogens with two attached hydrogens (primary N) is 2. The largest absolute Gasteiger partial charge is 0.448 e. The van der Waals surface area contributed by atoms with Gasteiger partial charge in [-0.2, -0.15) is 0 Å². The fourth-order valence-corrected chi connectivity index (χ4v) is 1.01. The Kier molecular flexibility index (Phi) is 4.07. The van der Waals surface area contributed by atoms with Crippen molar-refractivity contribution in [2.24, 2.45) is 5.73 Å². The fraction of sp³-hybridized carbons (Fsp3) is 0.222. The van der Waals surface area contributed by atoms with E-state index in [1.807, 2.05) is 0 Å². The van der Waals surface area contributed by atoms with E-state index >= 15 is 0 Å². The zero-order chi connectivity index (χ0) is 12.0. The highest BCUT2D eigenvalue weighted by atomic mass is 16.5. The molecule has 0 atom stereocenters. The highest BCUT2D eigenvalue weighted by Crippen LogP contribution is 2.02. The lowest BCUT2D eigenvalue weighted by Gasteiger charge is -2.05. The van der Waals surface area contributed by atoms with E-state index in [1.54, 1.807) is 0 Å². The summed E-state index contributed by atoms with van der Waals surface area (Å²) in [5.74, 6) is -0.0526. The molecular formula is C9H12N4O3. The van der Waals surface area contributed by atoms with Crippen molar-refractivity contribution in [2.75, 3.05) is 18.9 Å². The van der Waals surface area contributed by atoms with Crippen LogP contribution in [0.2, 0.25) is 0 Å². The minimum atomic E-state index is -0.873. The van der Waals surface area contributed by atoms with E-state index in [2.05, 4.69) is 15.0 Å². The van der Waals surface area contributed by atoms with Gasteiger partial charge in [-0.3, -0.25) is 4.79 Å². The van der Waals surface area contributed by atoms with Gasteiger partial charge >= 0.3 is 6.09 Å². The summed E-state index contributed by atoms with van der Waals surface area (Å²) in [5, 5.41) is 2.53. The van der Waals surface area contributed by atoms with Gasteiger partial charge in [0.2, 0.25) is 0 Å². The number of hydrogen-bond acceptors (Lipinski definition) is 5. The molecule has 1 heterocycles. The number of carbonyl (C=O) groups excluding carboxylic acids is 2. The molecule has 0 bridgehead atoms. The average molecular weight is 224 g/mol. The van der Waals surface area contributed by atoms with E-state index in [4.69, 9.17) is 11.5 Å². The highest BCUT2D eigenvalue weighted by molar-refractivity contribution is 5.94. The van der Waals surface area contributed by atoms with Crippen molar-refractivity contribution < 1.29 is 14.3 Å². The summed E-state index contributed by atoms with van der Waals surface area (Å²) < 4.78 is 4.44. The minimum Gasteiger partial charge on any atom is -0.448 e. The summed E-state index contributed by atoms with van der Waals surface area (Å²) in [6, 6.07) is 2.98. The molecule has 1 aromatic heterocycles. The number of ether oxygens (including phenoxy) is 1. The first-order chi connectivity index (χ1) is 7.59. The molecule has 2 amide bonds. The Morgan fingerprint density at radius 3 is 2.88 bits per heavy atom. The third-order valence-corrected chi connectivity index (χ3v) is 1.68. The number of aromatic nitrogens is 1. The van der Waals surface area contributed by atoms with Gasteiger partial charge in [-0.05, 0) is 12.1 Å². The van der Waals surface area contributed by atoms with Gasteiger partial charge < -0.3 is 21.5 Å². The van der Waals surface area contributed by atoms with E-state index < -0.39 is 6.09 Å². The number of carbonyl (C=O) groups is 2. The Morgan fingerprint density at radius 1 is 1.50 bits per heavy atom. The van der Waals surface area contributed by atoms with Crippen molar-refractivity contribution in [3.63, 3.8) is 0 Å². The van der Waals surface area contributed by atoms with Crippen molar-refractivity contribution in [2.45, 2.75) is 0 Å². The lowest BCUT2D eigenvalue weighted by atomic mass is 10.2. The smallest absolute Gasteiger partial charge is 0.404 e. The standard InChI is InChI=1S/C9H12N4O3/c10-7-5-6(1-2-12-7)8(14)13-3-4-16-9(11)15/h1-2,5H,3-4H2,(H2,10,12)(H2,11,15)(H,13,14). The van der Waals surface area contributed by atoms with E-state index in [0.29, 0.717) is 5.56 Å². The van der Waals surface area contributed by atoms with Gasteiger partial charge in [0, 0.05) is 11.8 Å². The second kappa shape index (κ2) is 5.54. The maximum Gasteiger partial charge on any atom is 0.404 e. The predicted molar refractivity (Wildman–Crippen MR) is 56.5 cm³/mol. The number of hydrogen-bond donors (Lipinski definition) is 3. The zero-order valence-corrected chi connectivity index (χ0v) is 8.47. The molecule has 0 aliphatic heterocycles. The molecule has 0 unspecified atom stereocenters. The summed E-state index contributed by atoms with van der Waals surface area (Å²) >= 11 is 0. The fourth-order valence-electron chi connectivity index (χ4n) is 1.01. The molecule has 0 spiro atoms. The molecule has 0 aliphatic carbocycles. The number of nitrogens with one attached hydrogen (secondary N) is 1. The number of pyridine rings is 1. The van der Waals surface area contributed by atoms with Crippen molar-refractivity contribution in [3.8, 4) is 0 Å². The first-order valence-electron chi connectivity index (χ1n) is 4.51. The van der Waals surface area contributed by atoms with E-state index in [1.165, 1.54) is 18.3 Å². The third kappa shape index (κ3) is 3.82. The Bertz CT molecular complexity index is 394. The van der Waals surface area contributed by atoms with Crippen LogP contribution < -0.4 is 16.8 Å². The van der Waals surface area contributed by atoms with E-state index in [9.17, 15) is 9.59 Å². The quantitative estimate of drug-likeness (QED) is 0.595. The van der Waals surface area contributed by atoms with Gasteiger partial charge in [0.05, 0.1) is 6.54 Å². The summed E-state index contributed by atoms with van der Waals surface area (Å²) in [6.45, 7) is 0.214. The molecule has 7 heteroatoms. The number of rotatable bonds is 4. The predicted octanol–water partition coefficient (Wildman–Crippen LogP) is -0.511. The maximum absolute atomic E-state index is 11.5. The molecular weight excluding hydrogens is 212 g/mol. The van der Waals surface area contributed by atoms with Gasteiger partial charge in [0.1, 0.15) is 12.4 Å². The Morgan fingerprint density at radius 2 is 2.25 bits per heavy atom. The summed E-state index contributed by atoms with van der Waals surface area (Å²) in [5.41, 5.74) is 10.6. The van der Waals surface area contributed by atoms with Crippen LogP contribution in [0.5, 0.6) is 0 Å². The average Bonchev–Trinajstić information content (AvgIpc) is 2.24. The summed E-state index contributed by atoms with van der Waals surface area (Å²) in [6.07, 6.45) is 0.562. The molecule has 0 saturated carbocycles. The molecule has 86 valence electrons. The third-order valence-electron chi connectivity index (χ3n) is 1.68. The highest BCUT2D eigenvalue weighted by Gasteiger charge is 2.05. The SMILES string of the molecule is NC(=O)OCCNC(=O)c1ccnc(N)c1. The molecule has 0 aromatic carbocycles. The number of amides is 2. The van der Waals surface area contributed by atoms with Crippen LogP contribution in [-0.4, -0.2) is 30.1 Å². The topological polar surface area (TPSA) is 120 Å². The summed E-state index contributed by atoms with van der Waals surface area (Å²) in [4.78, 5) is 25.5. The van der Waals surface area contributed by atoms with Crippen molar-refractivity contribution >= 4 is 17.8 Å². The molecule has 1 aromatic rings. The van der Waals surface area contributed by atoms with Crippen molar-refractivity contribution in [3.05, 3.63) is 23.9 Å². The van der Waals surface area contributed by atoms with E-state index in [-0.39, 0.29) is 24.9 Å². The van der Waals surface area contributed by atoms with E-state index in [0.717, 1.165) is 0 Å².